The van der Waals surface area contributed by atoms with Crippen LogP contribution >= 0.6 is 0 Å². The van der Waals surface area contributed by atoms with Gasteiger partial charge in [0.25, 0.3) is 0 Å². The Morgan fingerprint density at radius 3 is 2.55 bits per heavy atom. The van der Waals surface area contributed by atoms with Crippen molar-refractivity contribution in [1.29, 1.82) is 0 Å². The molecule has 1 saturated carbocycles. The number of carbonyl (C=O) groups excluding carboxylic acids is 1. The minimum absolute atomic E-state index is 0.0649. The number of esters is 1. The van der Waals surface area contributed by atoms with Gasteiger partial charge in [0, 0.05) is 19.1 Å². The van der Waals surface area contributed by atoms with Crippen molar-refractivity contribution in [3.8, 4) is 0 Å². The van der Waals surface area contributed by atoms with E-state index < -0.39 is 15.4 Å². The van der Waals surface area contributed by atoms with E-state index in [-0.39, 0.29) is 29.4 Å². The minimum atomic E-state index is -2.94. The van der Waals surface area contributed by atoms with Crippen molar-refractivity contribution in [2.45, 2.75) is 31.3 Å². The van der Waals surface area contributed by atoms with Crippen molar-refractivity contribution < 1.29 is 17.9 Å². The summed E-state index contributed by atoms with van der Waals surface area (Å²) >= 11 is 0. The average Bonchev–Trinajstić information content (AvgIpc) is 3.21. The highest BCUT2D eigenvalue weighted by Gasteiger charge is 2.52. The van der Waals surface area contributed by atoms with Crippen LogP contribution in [0.2, 0.25) is 0 Å². The van der Waals surface area contributed by atoms with Gasteiger partial charge in [0.15, 0.2) is 9.84 Å². The van der Waals surface area contributed by atoms with Gasteiger partial charge in [-0.25, -0.2) is 13.2 Å². The molecule has 0 aromatic carbocycles. The Balaban J connectivity index is 2.14. The second kappa shape index (κ2) is 5.61. The molecule has 6 nitrogen and oxygen atoms in total. The molecule has 0 aromatic rings. The van der Waals surface area contributed by atoms with Gasteiger partial charge in [-0.05, 0) is 32.7 Å². The summed E-state index contributed by atoms with van der Waals surface area (Å²) in [5, 5.41) is 3.15. The van der Waals surface area contributed by atoms with Crippen LogP contribution in [0.15, 0.2) is 0 Å². The summed E-state index contributed by atoms with van der Waals surface area (Å²) in [6.07, 6.45) is 2.02. The lowest BCUT2D eigenvalue weighted by atomic mass is 9.92. The van der Waals surface area contributed by atoms with E-state index in [1.165, 1.54) is 7.11 Å². The van der Waals surface area contributed by atoms with E-state index in [4.69, 9.17) is 4.74 Å². The van der Waals surface area contributed by atoms with E-state index in [9.17, 15) is 13.2 Å². The number of carbonyl (C=O) groups is 1. The van der Waals surface area contributed by atoms with E-state index >= 15 is 0 Å². The maximum absolute atomic E-state index is 12.2. The zero-order valence-electron chi connectivity index (χ0n) is 12.4. The molecule has 1 aliphatic carbocycles. The Kier molecular flexibility index (Phi) is 4.41. The van der Waals surface area contributed by atoms with Gasteiger partial charge in [0.2, 0.25) is 0 Å². The van der Waals surface area contributed by atoms with E-state index in [0.29, 0.717) is 13.1 Å². The fraction of sp³-hybridized carbons (Fsp3) is 0.923. The minimum Gasteiger partial charge on any atom is -0.468 e. The van der Waals surface area contributed by atoms with Gasteiger partial charge >= 0.3 is 5.97 Å². The van der Waals surface area contributed by atoms with Gasteiger partial charge in [-0.3, -0.25) is 4.90 Å². The lowest BCUT2D eigenvalue weighted by molar-refractivity contribution is -0.150. The van der Waals surface area contributed by atoms with Crippen LogP contribution < -0.4 is 5.32 Å². The van der Waals surface area contributed by atoms with Crippen molar-refractivity contribution in [3.63, 3.8) is 0 Å². The first kappa shape index (κ1) is 15.7. The Morgan fingerprint density at radius 2 is 2.10 bits per heavy atom. The fourth-order valence-corrected chi connectivity index (χ4v) is 4.72. The number of hydrogen-bond donors (Lipinski definition) is 1. The molecule has 0 aromatic heterocycles. The number of rotatable bonds is 5. The van der Waals surface area contributed by atoms with E-state index in [2.05, 4.69) is 10.2 Å². The second-order valence-electron chi connectivity index (χ2n) is 5.92. The molecule has 0 radical (unpaired) electrons. The highest BCUT2D eigenvalue weighted by atomic mass is 32.2. The smallest absolute Gasteiger partial charge is 0.327 e. The van der Waals surface area contributed by atoms with Gasteiger partial charge in [0.1, 0.15) is 5.54 Å². The summed E-state index contributed by atoms with van der Waals surface area (Å²) in [5.74, 6) is 0.371. The van der Waals surface area contributed by atoms with Gasteiger partial charge in [-0.15, -0.1) is 0 Å². The first-order valence-electron chi connectivity index (χ1n) is 7.06. The average molecular weight is 304 g/mol. The van der Waals surface area contributed by atoms with Crippen LogP contribution in [0.1, 0.15) is 19.8 Å². The first-order chi connectivity index (χ1) is 9.34. The maximum atomic E-state index is 12.2. The van der Waals surface area contributed by atoms with Crippen LogP contribution in [-0.2, 0) is 19.4 Å². The second-order valence-corrected chi connectivity index (χ2v) is 8.15. The Bertz CT molecular complexity index is 475. The Labute approximate surface area is 120 Å². The van der Waals surface area contributed by atoms with Crippen molar-refractivity contribution in [3.05, 3.63) is 0 Å². The number of nitrogens with one attached hydrogen (secondary N) is 1. The summed E-state index contributed by atoms with van der Waals surface area (Å²) < 4.78 is 28.3. The molecule has 1 saturated heterocycles. The Hall–Kier alpha value is -0.660. The molecule has 1 heterocycles. The van der Waals surface area contributed by atoms with Crippen molar-refractivity contribution >= 4 is 15.8 Å². The molecule has 20 heavy (non-hydrogen) atoms. The molecular weight excluding hydrogens is 280 g/mol. The first-order valence-corrected chi connectivity index (χ1v) is 8.88. The summed E-state index contributed by atoms with van der Waals surface area (Å²) in [6, 6.07) is -0.0649. The largest absolute Gasteiger partial charge is 0.468 e. The lowest BCUT2D eigenvalue weighted by Gasteiger charge is -2.40. The van der Waals surface area contributed by atoms with Crippen LogP contribution in [0.4, 0.5) is 0 Å². The lowest BCUT2D eigenvalue weighted by Crippen LogP contribution is -2.63. The number of likely N-dealkylation sites (N-methyl/N-ethyl adjacent to an activating group) is 1. The highest BCUT2D eigenvalue weighted by molar-refractivity contribution is 7.91. The number of nitrogens with zero attached hydrogens (tertiary/aromatic N) is 1. The maximum Gasteiger partial charge on any atom is 0.327 e. The monoisotopic (exact) mass is 304 g/mol. The van der Waals surface area contributed by atoms with Gasteiger partial charge in [0.05, 0.1) is 18.6 Å². The third-order valence-electron chi connectivity index (χ3n) is 4.53. The van der Waals surface area contributed by atoms with Gasteiger partial charge in [-0.2, -0.15) is 0 Å². The molecule has 2 aliphatic rings. The van der Waals surface area contributed by atoms with E-state index in [1.54, 1.807) is 7.05 Å². The topological polar surface area (TPSA) is 75.7 Å². The molecular formula is C13H24N2O4S. The molecule has 116 valence electrons. The third kappa shape index (κ3) is 2.99. The number of hydrogen-bond acceptors (Lipinski definition) is 6. The zero-order chi connectivity index (χ0) is 15.0. The quantitative estimate of drug-likeness (QED) is 0.700. The molecule has 2 atom stereocenters. The normalized spacial score (nSPS) is 29.6. The molecule has 2 fully saturated rings. The fourth-order valence-electron chi connectivity index (χ4n) is 3.09. The van der Waals surface area contributed by atoms with Crippen LogP contribution in [0.5, 0.6) is 0 Å². The molecule has 2 rings (SSSR count). The van der Waals surface area contributed by atoms with Crippen molar-refractivity contribution in [2.75, 3.05) is 38.8 Å². The van der Waals surface area contributed by atoms with Crippen LogP contribution in [0.25, 0.3) is 0 Å². The highest BCUT2D eigenvalue weighted by Crippen LogP contribution is 2.41. The number of methoxy groups -OCH3 is 1. The van der Waals surface area contributed by atoms with Gasteiger partial charge in [-0.1, -0.05) is 0 Å². The molecule has 1 N–H and O–H groups in total. The summed E-state index contributed by atoms with van der Waals surface area (Å²) in [5.41, 5.74) is -0.704. The number of ether oxygens (including phenoxy) is 1. The van der Waals surface area contributed by atoms with E-state index in [1.807, 2.05) is 6.92 Å². The summed E-state index contributed by atoms with van der Waals surface area (Å²) in [6.45, 7) is 2.90. The SMILES string of the molecule is CNC(CN1CCS(=O)(=O)CC1C)(C(=O)OC)C1CC1. The molecule has 7 heteroatoms. The molecule has 0 amide bonds. The predicted molar refractivity (Wildman–Crippen MR) is 76.2 cm³/mol. The third-order valence-corrected chi connectivity index (χ3v) is 6.33. The zero-order valence-corrected chi connectivity index (χ0v) is 13.2. The van der Waals surface area contributed by atoms with E-state index in [0.717, 1.165) is 12.8 Å². The van der Waals surface area contributed by atoms with Crippen molar-refractivity contribution in [2.24, 2.45) is 5.92 Å². The molecule has 0 bridgehead atoms. The molecule has 1 aliphatic heterocycles. The molecule has 2 unspecified atom stereocenters. The summed E-state index contributed by atoms with van der Waals surface area (Å²) in [4.78, 5) is 14.3. The summed E-state index contributed by atoms with van der Waals surface area (Å²) in [7, 11) is 0.246. The Morgan fingerprint density at radius 1 is 1.45 bits per heavy atom. The molecule has 0 spiro atoms. The standard InChI is InChI=1S/C13H24N2O4S/c1-10-8-20(17,18)7-6-15(10)9-13(14-2,11-4-5-11)12(16)19-3/h10-11,14H,4-9H2,1-3H3. The van der Waals surface area contributed by atoms with Gasteiger partial charge < -0.3 is 10.1 Å². The van der Waals surface area contributed by atoms with Crippen LogP contribution in [0.3, 0.4) is 0 Å². The van der Waals surface area contributed by atoms with Crippen molar-refractivity contribution in [1.82, 2.24) is 10.2 Å². The number of sulfone groups is 1. The predicted octanol–water partition coefficient (Wildman–Crippen LogP) is -0.353. The van der Waals surface area contributed by atoms with Crippen LogP contribution in [-0.4, -0.2) is 69.6 Å². The van der Waals surface area contributed by atoms with Crippen LogP contribution in [0, 0.1) is 5.92 Å².